The van der Waals surface area contributed by atoms with Gasteiger partial charge >= 0.3 is 0 Å². The van der Waals surface area contributed by atoms with E-state index in [1.165, 1.54) is 22.7 Å². The molecule has 0 spiro atoms. The molecule has 0 radical (unpaired) electrons. The molecule has 0 atom stereocenters. The number of amides is 1. The molecular formula is C20H19N3O3S2. The molecule has 2 aromatic carbocycles. The van der Waals surface area contributed by atoms with E-state index in [4.69, 9.17) is 9.47 Å². The van der Waals surface area contributed by atoms with Crippen molar-refractivity contribution >= 4 is 49.0 Å². The SMILES string of the molecule is CCOc1ccc2c(c1)sc(=NC(=O)c1ccc3ncsc3c1)n2CCOC. The molecule has 0 N–H and O–H groups in total. The van der Waals surface area contributed by atoms with Crippen molar-refractivity contribution < 1.29 is 14.3 Å². The number of benzene rings is 2. The van der Waals surface area contributed by atoms with Crippen molar-refractivity contribution in [2.75, 3.05) is 20.3 Å². The van der Waals surface area contributed by atoms with Crippen molar-refractivity contribution in [1.82, 2.24) is 9.55 Å². The second kappa shape index (κ2) is 8.22. The molecule has 8 heteroatoms. The largest absolute Gasteiger partial charge is 0.494 e. The van der Waals surface area contributed by atoms with E-state index in [2.05, 4.69) is 9.98 Å². The first-order valence-electron chi connectivity index (χ1n) is 8.87. The first-order chi connectivity index (χ1) is 13.7. The van der Waals surface area contributed by atoms with Crippen LogP contribution in [0.3, 0.4) is 0 Å². The van der Waals surface area contributed by atoms with Crippen molar-refractivity contribution in [3.05, 3.63) is 52.3 Å². The summed E-state index contributed by atoms with van der Waals surface area (Å²) in [5.74, 6) is 0.543. The van der Waals surface area contributed by atoms with Crippen LogP contribution in [0.1, 0.15) is 17.3 Å². The average Bonchev–Trinajstić information content (AvgIpc) is 3.29. The zero-order valence-corrected chi connectivity index (χ0v) is 17.2. The smallest absolute Gasteiger partial charge is 0.279 e. The Morgan fingerprint density at radius 2 is 2.11 bits per heavy atom. The molecule has 28 heavy (non-hydrogen) atoms. The summed E-state index contributed by atoms with van der Waals surface area (Å²) in [6.45, 7) is 3.71. The van der Waals surface area contributed by atoms with Gasteiger partial charge in [0.1, 0.15) is 5.75 Å². The highest BCUT2D eigenvalue weighted by molar-refractivity contribution is 7.17. The highest BCUT2D eigenvalue weighted by Crippen LogP contribution is 2.24. The highest BCUT2D eigenvalue weighted by Gasteiger charge is 2.11. The van der Waals surface area contributed by atoms with Crippen molar-refractivity contribution in [1.29, 1.82) is 0 Å². The van der Waals surface area contributed by atoms with Crippen LogP contribution in [0.25, 0.3) is 20.4 Å². The van der Waals surface area contributed by atoms with Crippen LogP contribution >= 0.6 is 22.7 Å². The van der Waals surface area contributed by atoms with Crippen LogP contribution in [0.15, 0.2) is 46.9 Å². The van der Waals surface area contributed by atoms with Crippen LogP contribution in [0.4, 0.5) is 0 Å². The lowest BCUT2D eigenvalue weighted by Crippen LogP contribution is -2.19. The molecule has 0 fully saturated rings. The van der Waals surface area contributed by atoms with Gasteiger partial charge in [0.2, 0.25) is 0 Å². The molecule has 4 aromatic rings. The van der Waals surface area contributed by atoms with E-state index < -0.39 is 0 Å². The lowest BCUT2D eigenvalue weighted by molar-refractivity contribution is 0.0997. The summed E-state index contributed by atoms with van der Waals surface area (Å²) in [5.41, 5.74) is 4.23. The van der Waals surface area contributed by atoms with Crippen molar-refractivity contribution in [3.63, 3.8) is 0 Å². The van der Waals surface area contributed by atoms with E-state index >= 15 is 0 Å². The van der Waals surface area contributed by atoms with Gasteiger partial charge in [-0.15, -0.1) is 11.3 Å². The van der Waals surface area contributed by atoms with E-state index in [0.717, 1.165) is 26.2 Å². The third-order valence-corrected chi connectivity index (χ3v) is 6.09. The summed E-state index contributed by atoms with van der Waals surface area (Å²) in [6, 6.07) is 11.4. The number of carbonyl (C=O) groups excluding carboxylic acids is 1. The molecule has 0 unspecified atom stereocenters. The topological polar surface area (TPSA) is 65.7 Å². The summed E-state index contributed by atoms with van der Waals surface area (Å²) in [7, 11) is 1.66. The van der Waals surface area contributed by atoms with Gasteiger partial charge in [-0.2, -0.15) is 4.99 Å². The molecule has 2 heterocycles. The number of thiazole rings is 2. The van der Waals surface area contributed by atoms with Gasteiger partial charge < -0.3 is 14.0 Å². The maximum absolute atomic E-state index is 12.8. The summed E-state index contributed by atoms with van der Waals surface area (Å²) in [6.07, 6.45) is 0. The van der Waals surface area contributed by atoms with E-state index in [9.17, 15) is 4.79 Å². The number of carbonyl (C=O) groups is 1. The number of hydrogen-bond donors (Lipinski definition) is 0. The minimum absolute atomic E-state index is 0.266. The Hall–Kier alpha value is -2.55. The second-order valence-corrected chi connectivity index (χ2v) is 7.94. The van der Waals surface area contributed by atoms with Crippen molar-refractivity contribution in [2.45, 2.75) is 13.5 Å². The predicted molar refractivity (Wildman–Crippen MR) is 112 cm³/mol. The molecule has 1 amide bonds. The van der Waals surface area contributed by atoms with E-state index in [1.54, 1.807) is 18.7 Å². The quantitative estimate of drug-likeness (QED) is 0.477. The first-order valence-corrected chi connectivity index (χ1v) is 10.6. The molecule has 0 saturated heterocycles. The molecule has 0 aliphatic rings. The third kappa shape index (κ3) is 3.71. The maximum atomic E-state index is 12.8. The minimum atomic E-state index is -0.266. The van der Waals surface area contributed by atoms with Gasteiger partial charge in [0.05, 0.1) is 39.2 Å². The number of hydrogen-bond acceptors (Lipinski definition) is 6. The van der Waals surface area contributed by atoms with Crippen LogP contribution in [0.2, 0.25) is 0 Å². The van der Waals surface area contributed by atoms with Gasteiger partial charge in [0.15, 0.2) is 4.80 Å². The number of rotatable bonds is 6. The molecule has 4 rings (SSSR count). The molecule has 0 aliphatic carbocycles. The Labute approximate surface area is 169 Å². The summed E-state index contributed by atoms with van der Waals surface area (Å²) in [4.78, 5) is 22.1. The van der Waals surface area contributed by atoms with Gasteiger partial charge in [-0.25, -0.2) is 4.98 Å². The average molecular weight is 414 g/mol. The van der Waals surface area contributed by atoms with Crippen LogP contribution in [-0.2, 0) is 11.3 Å². The molecule has 0 saturated carbocycles. The molecule has 2 aromatic heterocycles. The Bertz CT molecular complexity index is 1210. The van der Waals surface area contributed by atoms with E-state index in [1.807, 2.05) is 41.8 Å². The standard InChI is InChI=1S/C20H19N3O3S2/c1-3-26-14-5-7-16-18(11-14)28-20(23(16)8-9-25-2)22-19(24)13-4-6-15-17(10-13)27-12-21-15/h4-7,10-12H,3,8-9H2,1-2H3. The number of methoxy groups -OCH3 is 1. The van der Waals surface area contributed by atoms with Crippen LogP contribution in [0, 0.1) is 0 Å². The Balaban J connectivity index is 1.78. The number of ether oxygens (including phenoxy) is 2. The van der Waals surface area contributed by atoms with Crippen LogP contribution in [0.5, 0.6) is 5.75 Å². The Kier molecular flexibility index (Phi) is 5.52. The van der Waals surface area contributed by atoms with Crippen molar-refractivity contribution in [2.24, 2.45) is 4.99 Å². The van der Waals surface area contributed by atoms with Crippen molar-refractivity contribution in [3.8, 4) is 5.75 Å². The fourth-order valence-electron chi connectivity index (χ4n) is 2.93. The van der Waals surface area contributed by atoms with Gasteiger partial charge in [-0.05, 0) is 43.3 Å². The first kappa shape index (κ1) is 18.8. The third-order valence-electron chi connectivity index (χ3n) is 4.26. The molecular weight excluding hydrogens is 394 g/mol. The summed E-state index contributed by atoms with van der Waals surface area (Å²) >= 11 is 2.98. The second-order valence-electron chi connectivity index (χ2n) is 6.04. The lowest BCUT2D eigenvalue weighted by atomic mass is 10.2. The normalized spacial score (nSPS) is 12.1. The lowest BCUT2D eigenvalue weighted by Gasteiger charge is -2.06. The molecule has 0 bridgehead atoms. The summed E-state index contributed by atoms with van der Waals surface area (Å²) in [5, 5.41) is 0. The maximum Gasteiger partial charge on any atom is 0.279 e. The number of fused-ring (bicyclic) bond motifs is 2. The Morgan fingerprint density at radius 3 is 2.93 bits per heavy atom. The Morgan fingerprint density at radius 1 is 1.21 bits per heavy atom. The predicted octanol–water partition coefficient (Wildman–Crippen LogP) is 4.10. The molecule has 6 nitrogen and oxygen atoms in total. The summed E-state index contributed by atoms with van der Waals surface area (Å²) < 4.78 is 14.8. The van der Waals surface area contributed by atoms with Gasteiger partial charge in [-0.3, -0.25) is 4.79 Å². The number of aromatic nitrogens is 2. The van der Waals surface area contributed by atoms with Gasteiger partial charge in [-0.1, -0.05) is 11.3 Å². The minimum Gasteiger partial charge on any atom is -0.494 e. The fourth-order valence-corrected chi connectivity index (χ4v) is 4.73. The highest BCUT2D eigenvalue weighted by atomic mass is 32.1. The van der Waals surface area contributed by atoms with Gasteiger partial charge in [0, 0.05) is 19.2 Å². The van der Waals surface area contributed by atoms with Crippen LogP contribution < -0.4 is 9.54 Å². The van der Waals surface area contributed by atoms with Gasteiger partial charge in [0.25, 0.3) is 5.91 Å². The fraction of sp³-hybridized carbons (Fsp3) is 0.250. The van der Waals surface area contributed by atoms with Crippen LogP contribution in [-0.4, -0.2) is 35.8 Å². The zero-order valence-electron chi connectivity index (χ0n) is 15.5. The molecule has 144 valence electrons. The van der Waals surface area contributed by atoms with E-state index in [0.29, 0.717) is 30.1 Å². The number of nitrogens with zero attached hydrogens (tertiary/aromatic N) is 3. The monoisotopic (exact) mass is 413 g/mol. The van der Waals surface area contributed by atoms with E-state index in [-0.39, 0.29) is 5.91 Å². The zero-order chi connectivity index (χ0) is 19.5. The molecule has 0 aliphatic heterocycles.